The van der Waals surface area contributed by atoms with E-state index in [-0.39, 0.29) is 41.7 Å². The predicted octanol–water partition coefficient (Wildman–Crippen LogP) is 4.94. The quantitative estimate of drug-likeness (QED) is 0.745. The molecule has 26 heavy (non-hydrogen) atoms. The summed E-state index contributed by atoms with van der Waals surface area (Å²) in [6.45, 7) is 1.42. The predicted molar refractivity (Wildman–Crippen MR) is 105 cm³/mol. The first-order valence-electron chi connectivity index (χ1n) is 8.31. The normalized spacial score (nSPS) is 20.7. The van der Waals surface area contributed by atoms with E-state index in [1.807, 2.05) is 18.2 Å². The van der Waals surface area contributed by atoms with Gasteiger partial charge in [-0.2, -0.15) is 0 Å². The molecule has 2 unspecified atom stereocenters. The van der Waals surface area contributed by atoms with Gasteiger partial charge in [0.25, 0.3) is 0 Å². The highest BCUT2D eigenvalue weighted by Gasteiger charge is 2.44. The fourth-order valence-corrected chi connectivity index (χ4v) is 4.04. The fourth-order valence-electron chi connectivity index (χ4n) is 3.50. The van der Waals surface area contributed by atoms with Crippen LogP contribution in [0.4, 0.5) is 10.1 Å². The molecule has 0 aromatic heterocycles. The van der Waals surface area contributed by atoms with Crippen molar-refractivity contribution in [2.45, 2.75) is 25.3 Å². The Labute approximate surface area is 167 Å². The number of hydrogen-bond acceptors (Lipinski definition) is 2. The summed E-state index contributed by atoms with van der Waals surface area (Å²) in [6, 6.07) is 8.85. The molecule has 1 saturated carbocycles. The first kappa shape index (κ1) is 19.4. The third kappa shape index (κ3) is 3.84. The van der Waals surface area contributed by atoms with E-state index in [4.69, 9.17) is 23.2 Å². The summed E-state index contributed by atoms with van der Waals surface area (Å²) < 4.78 is 14.6. The molecule has 1 heterocycles. The van der Waals surface area contributed by atoms with E-state index in [1.54, 1.807) is 12.1 Å². The molecule has 2 aromatic rings. The Hall–Kier alpha value is -1.33. The molecule has 0 bridgehead atoms. The third-order valence-electron chi connectivity index (χ3n) is 4.91. The number of carbonyl (C=O) groups excluding carboxylic acids is 1. The maximum Gasteiger partial charge on any atom is 0.228 e. The van der Waals surface area contributed by atoms with Crippen LogP contribution in [-0.2, 0) is 17.8 Å². The van der Waals surface area contributed by atoms with Crippen molar-refractivity contribution in [3.05, 3.63) is 62.9 Å². The summed E-state index contributed by atoms with van der Waals surface area (Å²) in [4.78, 5) is 12.5. The molecule has 0 saturated heterocycles. The van der Waals surface area contributed by atoms with Gasteiger partial charge in [0.15, 0.2) is 0 Å². The lowest BCUT2D eigenvalue weighted by atomic mass is 9.99. The lowest BCUT2D eigenvalue weighted by Crippen LogP contribution is -2.25. The molecular formula is C19H18Cl3FN2O. The minimum absolute atomic E-state index is 0. The number of nitrogens with one attached hydrogen (secondary N) is 2. The smallest absolute Gasteiger partial charge is 0.228 e. The SMILES string of the molecule is Cl.O=C(Nc1ccc2c(c1F)CCNC2)C1CC1c1cc(Cl)cc(Cl)c1. The average Bonchev–Trinajstić information content (AvgIpc) is 3.38. The largest absolute Gasteiger partial charge is 0.323 e. The second kappa shape index (κ2) is 7.73. The molecule has 7 heteroatoms. The summed E-state index contributed by atoms with van der Waals surface area (Å²) in [6.07, 6.45) is 1.36. The molecule has 2 atom stereocenters. The van der Waals surface area contributed by atoms with E-state index >= 15 is 0 Å². The zero-order chi connectivity index (χ0) is 17.6. The topological polar surface area (TPSA) is 41.1 Å². The number of amides is 1. The minimum atomic E-state index is -0.310. The Morgan fingerprint density at radius 2 is 1.92 bits per heavy atom. The van der Waals surface area contributed by atoms with Gasteiger partial charge in [0.2, 0.25) is 5.91 Å². The zero-order valence-electron chi connectivity index (χ0n) is 13.8. The van der Waals surface area contributed by atoms with Crippen molar-refractivity contribution in [1.29, 1.82) is 0 Å². The first-order valence-corrected chi connectivity index (χ1v) is 9.06. The fraction of sp³-hybridized carbons (Fsp3) is 0.316. The highest BCUT2D eigenvalue weighted by molar-refractivity contribution is 6.34. The Morgan fingerprint density at radius 1 is 1.19 bits per heavy atom. The van der Waals surface area contributed by atoms with Crippen LogP contribution in [0.1, 0.15) is 29.0 Å². The van der Waals surface area contributed by atoms with Crippen molar-refractivity contribution in [3.8, 4) is 0 Å². The van der Waals surface area contributed by atoms with Crippen LogP contribution in [0.5, 0.6) is 0 Å². The monoisotopic (exact) mass is 414 g/mol. The van der Waals surface area contributed by atoms with E-state index in [9.17, 15) is 9.18 Å². The van der Waals surface area contributed by atoms with Gasteiger partial charge in [0.1, 0.15) is 5.82 Å². The van der Waals surface area contributed by atoms with Crippen molar-refractivity contribution in [2.24, 2.45) is 5.92 Å². The second-order valence-corrected chi connectivity index (χ2v) is 7.51. The van der Waals surface area contributed by atoms with Gasteiger partial charge < -0.3 is 10.6 Å². The van der Waals surface area contributed by atoms with Gasteiger partial charge in [-0.15, -0.1) is 12.4 Å². The van der Waals surface area contributed by atoms with E-state index in [1.165, 1.54) is 0 Å². The van der Waals surface area contributed by atoms with Crippen LogP contribution in [0.2, 0.25) is 10.0 Å². The standard InChI is InChI=1S/C19H17Cl2FN2O.ClH/c20-12-5-11(6-13(21)7-12)15-8-16(15)19(25)24-17-2-1-10-9-23-4-3-14(10)18(17)22;/h1-2,5-7,15-16,23H,3-4,8-9H2,(H,24,25);1H. The van der Waals surface area contributed by atoms with Crippen LogP contribution in [0.25, 0.3) is 0 Å². The third-order valence-corrected chi connectivity index (χ3v) is 5.34. The van der Waals surface area contributed by atoms with Gasteiger partial charge >= 0.3 is 0 Å². The maximum atomic E-state index is 14.6. The van der Waals surface area contributed by atoms with Crippen LogP contribution < -0.4 is 10.6 Å². The number of halogens is 4. The summed E-state index contributed by atoms with van der Waals surface area (Å²) in [5.41, 5.74) is 2.88. The molecule has 1 fully saturated rings. The molecule has 1 aliphatic carbocycles. The summed E-state index contributed by atoms with van der Waals surface area (Å²) in [5, 5.41) is 7.08. The molecule has 4 rings (SSSR count). The summed E-state index contributed by atoms with van der Waals surface area (Å²) >= 11 is 12.1. The lowest BCUT2D eigenvalue weighted by Gasteiger charge is -2.19. The number of hydrogen-bond donors (Lipinski definition) is 2. The first-order chi connectivity index (χ1) is 12.0. The molecule has 138 valence electrons. The number of carbonyl (C=O) groups is 1. The van der Waals surface area contributed by atoms with Gasteiger partial charge in [-0.1, -0.05) is 29.3 Å². The van der Waals surface area contributed by atoms with Gasteiger partial charge in [0, 0.05) is 22.5 Å². The van der Waals surface area contributed by atoms with Crippen LogP contribution in [0.3, 0.4) is 0 Å². The van der Waals surface area contributed by atoms with Crippen molar-refractivity contribution >= 4 is 47.2 Å². The second-order valence-electron chi connectivity index (χ2n) is 6.63. The highest BCUT2D eigenvalue weighted by atomic mass is 35.5. The number of benzene rings is 2. The molecule has 2 N–H and O–H groups in total. The molecular weight excluding hydrogens is 398 g/mol. The van der Waals surface area contributed by atoms with Crippen LogP contribution in [0.15, 0.2) is 30.3 Å². The summed E-state index contributed by atoms with van der Waals surface area (Å²) in [5.74, 6) is -0.558. The molecule has 1 amide bonds. The van der Waals surface area contributed by atoms with Gasteiger partial charge in [-0.05, 0) is 66.3 Å². The highest BCUT2D eigenvalue weighted by Crippen LogP contribution is 2.49. The van der Waals surface area contributed by atoms with E-state index in [0.29, 0.717) is 28.6 Å². The number of anilines is 1. The van der Waals surface area contributed by atoms with Gasteiger partial charge in [-0.3, -0.25) is 4.79 Å². The minimum Gasteiger partial charge on any atom is -0.323 e. The van der Waals surface area contributed by atoms with Gasteiger partial charge in [-0.25, -0.2) is 4.39 Å². The van der Waals surface area contributed by atoms with Crippen LogP contribution in [0, 0.1) is 11.7 Å². The molecule has 0 spiro atoms. The average molecular weight is 416 g/mol. The van der Waals surface area contributed by atoms with Crippen LogP contribution >= 0.6 is 35.6 Å². The van der Waals surface area contributed by atoms with Crippen molar-refractivity contribution in [1.82, 2.24) is 5.32 Å². The summed E-state index contributed by atoms with van der Waals surface area (Å²) in [7, 11) is 0. The molecule has 2 aromatic carbocycles. The Bertz CT molecular complexity index is 839. The van der Waals surface area contributed by atoms with E-state index in [2.05, 4.69) is 10.6 Å². The molecule has 1 aliphatic heterocycles. The van der Waals surface area contributed by atoms with Crippen molar-refractivity contribution in [2.75, 3.05) is 11.9 Å². The van der Waals surface area contributed by atoms with E-state index < -0.39 is 0 Å². The van der Waals surface area contributed by atoms with Gasteiger partial charge in [0.05, 0.1) is 5.69 Å². The van der Waals surface area contributed by atoms with Crippen molar-refractivity contribution in [3.63, 3.8) is 0 Å². The molecule has 3 nitrogen and oxygen atoms in total. The Balaban J connectivity index is 0.00000196. The van der Waals surface area contributed by atoms with Crippen LogP contribution in [-0.4, -0.2) is 12.5 Å². The Kier molecular flexibility index (Phi) is 5.78. The molecule has 0 radical (unpaired) electrons. The molecule has 2 aliphatic rings. The number of rotatable bonds is 3. The number of fused-ring (bicyclic) bond motifs is 1. The maximum absolute atomic E-state index is 14.6. The zero-order valence-corrected chi connectivity index (χ0v) is 16.1. The lowest BCUT2D eigenvalue weighted by molar-refractivity contribution is -0.117. The van der Waals surface area contributed by atoms with E-state index in [0.717, 1.165) is 24.1 Å². The Morgan fingerprint density at radius 3 is 2.65 bits per heavy atom. The van der Waals surface area contributed by atoms with Crippen molar-refractivity contribution < 1.29 is 9.18 Å².